The number of aliphatic hydroxyl groups is 1. The van der Waals surface area contributed by atoms with Crippen LogP contribution >= 0.6 is 0 Å². The Bertz CT molecular complexity index is 1420. The van der Waals surface area contributed by atoms with E-state index in [1.165, 1.54) is 0 Å². The van der Waals surface area contributed by atoms with Crippen molar-refractivity contribution in [3.05, 3.63) is 97.1 Å². The fourth-order valence-corrected chi connectivity index (χ4v) is 8.24. The van der Waals surface area contributed by atoms with Gasteiger partial charge in [0.05, 0.1) is 30.1 Å². The molecule has 1 spiro atoms. The van der Waals surface area contributed by atoms with Crippen molar-refractivity contribution in [2.45, 2.75) is 82.8 Å². The highest BCUT2D eigenvalue weighted by molar-refractivity contribution is 5.99. The number of carbonyl (C=O) groups is 3. The Morgan fingerprint density at radius 1 is 0.957 bits per heavy atom. The van der Waals surface area contributed by atoms with Gasteiger partial charge in [-0.3, -0.25) is 14.4 Å². The number of ether oxygens (including phenoxy) is 1. The number of carbonyl (C=O) groups excluding carboxylic acids is 3. The molecule has 2 aromatic rings. The molecule has 2 bridgehead atoms. The van der Waals surface area contributed by atoms with E-state index in [0.717, 1.165) is 11.1 Å². The van der Waals surface area contributed by atoms with Gasteiger partial charge in [-0.1, -0.05) is 100 Å². The summed E-state index contributed by atoms with van der Waals surface area (Å²) in [5.74, 6) is -2.36. The van der Waals surface area contributed by atoms with Crippen LogP contribution in [0, 0.1) is 17.8 Å². The SMILES string of the molecule is C=CCN(Cc1ccccc1)C(=O)C1N([C@@H](CO)[C@@H](C)CC)C(=O)[C@@H]2[C@H](C(=O)N(CC=C)Cc3ccccc3)[C@]3(CC)CCC12O3. The molecule has 3 saturated heterocycles. The van der Waals surface area contributed by atoms with Gasteiger partial charge in [-0.25, -0.2) is 0 Å². The number of hydrogen-bond donors (Lipinski definition) is 1. The van der Waals surface area contributed by atoms with Crippen LogP contribution < -0.4 is 0 Å². The van der Waals surface area contributed by atoms with Gasteiger partial charge in [0.15, 0.2) is 0 Å². The Hall–Kier alpha value is -3.75. The molecule has 3 aliphatic rings. The molecule has 8 heteroatoms. The number of rotatable bonds is 15. The van der Waals surface area contributed by atoms with E-state index in [2.05, 4.69) is 13.2 Å². The van der Waals surface area contributed by atoms with E-state index < -0.39 is 35.1 Å². The summed E-state index contributed by atoms with van der Waals surface area (Å²) in [4.78, 5) is 49.7. The van der Waals surface area contributed by atoms with Crippen LogP contribution in [0.15, 0.2) is 86.0 Å². The average molecular weight is 628 g/mol. The maximum Gasteiger partial charge on any atom is 0.249 e. The molecule has 0 radical (unpaired) electrons. The standard InChI is InChI=1S/C38H49N3O5/c1-6-22-39(24-28-16-12-10-13-17-28)34(43)31-32-35(44)41(30(26-42)27(5)8-3)33(38(32)21-20-37(31,9-4)46-38)36(45)40(23-7-2)25-29-18-14-11-15-19-29/h6-7,10-19,27,30-33,42H,1-2,8-9,20-26H2,3-5H3/t27-,30-,31+,32-,33?,37-,38?/m0/s1. The number of aliphatic hydroxyl groups excluding tert-OH is 1. The minimum atomic E-state index is -1.19. The fraction of sp³-hybridized carbons (Fsp3) is 0.500. The van der Waals surface area contributed by atoms with Crippen molar-refractivity contribution in [1.29, 1.82) is 0 Å². The van der Waals surface area contributed by atoms with Gasteiger partial charge in [0.1, 0.15) is 11.6 Å². The lowest BCUT2D eigenvalue weighted by Crippen LogP contribution is -2.59. The van der Waals surface area contributed by atoms with Crippen molar-refractivity contribution in [3.8, 4) is 0 Å². The van der Waals surface area contributed by atoms with Gasteiger partial charge in [-0.15, -0.1) is 13.2 Å². The first-order valence-corrected chi connectivity index (χ1v) is 16.7. The second-order valence-corrected chi connectivity index (χ2v) is 13.2. The smallest absolute Gasteiger partial charge is 0.249 e. The minimum absolute atomic E-state index is 0.0803. The van der Waals surface area contributed by atoms with Crippen LogP contribution in [0.1, 0.15) is 57.6 Å². The van der Waals surface area contributed by atoms with Crippen LogP contribution in [0.25, 0.3) is 0 Å². The first-order valence-electron chi connectivity index (χ1n) is 16.7. The summed E-state index contributed by atoms with van der Waals surface area (Å²) in [5.41, 5.74) is -0.119. The van der Waals surface area contributed by atoms with Gasteiger partial charge in [-0.05, 0) is 36.3 Å². The summed E-state index contributed by atoms with van der Waals surface area (Å²) in [6, 6.07) is 17.9. The molecule has 3 fully saturated rings. The van der Waals surface area contributed by atoms with Crippen LogP contribution in [0.4, 0.5) is 0 Å². The molecule has 7 atom stereocenters. The predicted molar refractivity (Wildman–Crippen MR) is 178 cm³/mol. The van der Waals surface area contributed by atoms with Crippen molar-refractivity contribution >= 4 is 17.7 Å². The fourth-order valence-electron chi connectivity index (χ4n) is 8.24. The Kier molecular flexibility index (Phi) is 10.2. The number of amides is 3. The summed E-state index contributed by atoms with van der Waals surface area (Å²) in [6.45, 7) is 14.9. The molecule has 0 saturated carbocycles. The van der Waals surface area contributed by atoms with Gasteiger partial charge < -0.3 is 24.5 Å². The van der Waals surface area contributed by atoms with Gasteiger partial charge in [0, 0.05) is 26.2 Å². The van der Waals surface area contributed by atoms with Crippen LogP contribution in [-0.2, 0) is 32.2 Å². The summed E-state index contributed by atoms with van der Waals surface area (Å²) in [5, 5.41) is 10.7. The van der Waals surface area contributed by atoms with Gasteiger partial charge >= 0.3 is 0 Å². The largest absolute Gasteiger partial charge is 0.394 e. The maximum atomic E-state index is 14.9. The monoisotopic (exact) mass is 627 g/mol. The first kappa shape index (κ1) is 33.6. The molecular formula is C38H49N3O5. The van der Waals surface area contributed by atoms with Crippen LogP contribution in [-0.4, -0.2) is 80.5 Å². The topological polar surface area (TPSA) is 90.4 Å². The molecule has 2 aromatic carbocycles. The van der Waals surface area contributed by atoms with Crippen molar-refractivity contribution in [2.75, 3.05) is 19.7 Å². The van der Waals surface area contributed by atoms with Crippen molar-refractivity contribution < 1.29 is 24.2 Å². The molecule has 2 unspecified atom stereocenters. The van der Waals surface area contributed by atoms with E-state index in [1.807, 2.05) is 81.4 Å². The third kappa shape index (κ3) is 5.71. The van der Waals surface area contributed by atoms with Crippen LogP contribution in [0.3, 0.4) is 0 Å². The minimum Gasteiger partial charge on any atom is -0.394 e. The van der Waals surface area contributed by atoms with E-state index in [9.17, 15) is 19.5 Å². The Balaban J connectivity index is 1.60. The summed E-state index contributed by atoms with van der Waals surface area (Å²) in [6.07, 6.45) is 5.71. The second-order valence-electron chi connectivity index (χ2n) is 13.2. The van der Waals surface area contributed by atoms with E-state index >= 15 is 0 Å². The number of benzene rings is 2. The number of hydrogen-bond acceptors (Lipinski definition) is 5. The third-order valence-electron chi connectivity index (χ3n) is 10.7. The molecule has 0 aliphatic carbocycles. The van der Waals surface area contributed by atoms with Gasteiger partial charge in [0.25, 0.3) is 0 Å². The molecular weight excluding hydrogens is 578 g/mol. The molecule has 8 nitrogen and oxygen atoms in total. The normalized spacial score (nSPS) is 27.6. The third-order valence-corrected chi connectivity index (χ3v) is 10.7. The Morgan fingerprint density at radius 3 is 1.98 bits per heavy atom. The first-order chi connectivity index (χ1) is 22.2. The van der Waals surface area contributed by atoms with E-state index in [-0.39, 0.29) is 36.8 Å². The zero-order valence-corrected chi connectivity index (χ0v) is 27.5. The highest BCUT2D eigenvalue weighted by Crippen LogP contribution is 2.65. The lowest BCUT2D eigenvalue weighted by Gasteiger charge is -2.41. The zero-order valence-electron chi connectivity index (χ0n) is 27.5. The van der Waals surface area contributed by atoms with Crippen LogP contribution in [0.2, 0.25) is 0 Å². The Labute approximate surface area is 273 Å². The van der Waals surface area contributed by atoms with Gasteiger partial charge in [-0.2, -0.15) is 0 Å². The molecule has 3 aliphatic heterocycles. The lowest BCUT2D eigenvalue weighted by molar-refractivity contribution is -0.159. The molecule has 1 N–H and O–H groups in total. The summed E-state index contributed by atoms with van der Waals surface area (Å²) < 4.78 is 7.06. The van der Waals surface area contributed by atoms with E-state index in [1.54, 1.807) is 26.9 Å². The molecule has 3 amide bonds. The quantitative estimate of drug-likeness (QED) is 0.282. The maximum absolute atomic E-state index is 14.9. The number of likely N-dealkylation sites (tertiary alicyclic amines) is 1. The van der Waals surface area contributed by atoms with E-state index in [4.69, 9.17) is 4.74 Å². The summed E-state index contributed by atoms with van der Waals surface area (Å²) in [7, 11) is 0. The molecule has 46 heavy (non-hydrogen) atoms. The highest BCUT2D eigenvalue weighted by atomic mass is 16.5. The molecule has 0 aromatic heterocycles. The van der Waals surface area contributed by atoms with Crippen LogP contribution in [0.5, 0.6) is 0 Å². The van der Waals surface area contributed by atoms with E-state index in [0.29, 0.717) is 45.3 Å². The molecule has 246 valence electrons. The second kappa shape index (κ2) is 13.9. The number of fused-ring (bicyclic) bond motifs is 1. The molecule has 3 heterocycles. The average Bonchev–Trinajstić information content (AvgIpc) is 3.68. The Morgan fingerprint density at radius 2 is 1.50 bits per heavy atom. The molecule has 5 rings (SSSR count). The van der Waals surface area contributed by atoms with Crippen molar-refractivity contribution in [2.24, 2.45) is 17.8 Å². The lowest BCUT2D eigenvalue weighted by atomic mass is 9.64. The highest BCUT2D eigenvalue weighted by Gasteiger charge is 2.79. The van der Waals surface area contributed by atoms with Crippen molar-refractivity contribution in [1.82, 2.24) is 14.7 Å². The zero-order chi connectivity index (χ0) is 33.1. The van der Waals surface area contributed by atoms with Crippen molar-refractivity contribution in [3.63, 3.8) is 0 Å². The summed E-state index contributed by atoms with van der Waals surface area (Å²) >= 11 is 0. The predicted octanol–water partition coefficient (Wildman–Crippen LogP) is 4.98. The van der Waals surface area contributed by atoms with Gasteiger partial charge in [0.2, 0.25) is 17.7 Å². The number of nitrogens with zero attached hydrogens (tertiary/aromatic N) is 3.